The number of alkyl halides is 15. The summed E-state index contributed by atoms with van der Waals surface area (Å²) in [6.45, 7) is 0.0967. The molecule has 0 heterocycles. The Bertz CT molecular complexity index is 704. The lowest BCUT2D eigenvalue weighted by atomic mass is 9.85. The summed E-state index contributed by atoms with van der Waals surface area (Å²) >= 11 is 0. The van der Waals surface area contributed by atoms with Crippen LogP contribution in [-0.4, -0.2) is 65.5 Å². The molecule has 0 aromatic heterocycles. The lowest BCUT2D eigenvalue weighted by Gasteiger charge is -2.42. The maximum atomic E-state index is 13.6. The van der Waals surface area contributed by atoms with Crippen LogP contribution in [0.1, 0.15) is 13.8 Å². The van der Waals surface area contributed by atoms with Crippen LogP contribution in [0.5, 0.6) is 0 Å². The van der Waals surface area contributed by atoms with E-state index in [1.165, 1.54) is 0 Å². The van der Waals surface area contributed by atoms with Crippen molar-refractivity contribution in [3.63, 3.8) is 0 Å². The SMILES string of the molecule is CC(=CC(F)(F)C(F)(F)C(F)(F)C(F)(F)C(F)(C(F)(F)F)C(F)(F)F)C(=O)OCC(C)O. The van der Waals surface area contributed by atoms with E-state index in [1.807, 2.05) is 0 Å². The van der Waals surface area contributed by atoms with E-state index < -0.39 is 72.0 Å². The highest BCUT2D eigenvalue weighted by molar-refractivity contribution is 5.88. The molecule has 1 atom stereocenters. The van der Waals surface area contributed by atoms with Crippen LogP contribution >= 0.6 is 0 Å². The van der Waals surface area contributed by atoms with Gasteiger partial charge in [0.05, 0.1) is 6.10 Å². The van der Waals surface area contributed by atoms with Gasteiger partial charge in [0, 0.05) is 11.6 Å². The molecule has 0 aliphatic heterocycles. The van der Waals surface area contributed by atoms with Gasteiger partial charge < -0.3 is 9.84 Å². The summed E-state index contributed by atoms with van der Waals surface area (Å²) in [5.41, 5.74) is -10.1. The van der Waals surface area contributed by atoms with Gasteiger partial charge in [-0.05, 0) is 13.8 Å². The Morgan fingerprint density at radius 2 is 1.16 bits per heavy atom. The lowest BCUT2D eigenvalue weighted by molar-refractivity contribution is -0.454. The topological polar surface area (TPSA) is 46.5 Å². The van der Waals surface area contributed by atoms with Gasteiger partial charge in [-0.2, -0.15) is 61.5 Å². The Kier molecular flexibility index (Phi) is 7.98. The molecule has 0 spiro atoms. The van der Waals surface area contributed by atoms with E-state index in [2.05, 4.69) is 4.74 Å². The van der Waals surface area contributed by atoms with Crippen molar-refractivity contribution in [1.82, 2.24) is 0 Å². The third-order valence-corrected chi connectivity index (χ3v) is 3.60. The molecule has 0 bridgehead atoms. The third kappa shape index (κ3) is 4.73. The zero-order valence-corrected chi connectivity index (χ0v) is 15.3. The van der Waals surface area contributed by atoms with E-state index in [4.69, 9.17) is 5.11 Å². The van der Waals surface area contributed by atoms with Gasteiger partial charge in [-0.3, -0.25) is 0 Å². The highest BCUT2D eigenvalue weighted by atomic mass is 19.4. The van der Waals surface area contributed by atoms with Crippen molar-refractivity contribution in [2.45, 2.75) is 61.7 Å². The average Bonchev–Trinajstić information content (AvgIpc) is 2.55. The van der Waals surface area contributed by atoms with Gasteiger partial charge in [-0.1, -0.05) is 0 Å². The van der Waals surface area contributed by atoms with Gasteiger partial charge in [-0.25, -0.2) is 9.18 Å². The van der Waals surface area contributed by atoms with Gasteiger partial charge in [0.2, 0.25) is 0 Å². The average molecular weight is 512 g/mol. The minimum atomic E-state index is -8.53. The maximum absolute atomic E-state index is 13.6. The van der Waals surface area contributed by atoms with E-state index in [9.17, 15) is 70.7 Å². The van der Waals surface area contributed by atoms with Crippen molar-refractivity contribution in [2.24, 2.45) is 0 Å². The van der Waals surface area contributed by atoms with E-state index in [-0.39, 0.29) is 6.92 Å². The highest BCUT2D eigenvalue weighted by Crippen LogP contribution is 2.63. The predicted octanol–water partition coefficient (Wildman–Crippen LogP) is 5.23. The molecule has 1 N–H and O–H groups in total. The normalized spacial score (nSPS) is 16.8. The minimum absolute atomic E-state index is 0.134. The fourth-order valence-electron chi connectivity index (χ4n) is 1.87. The summed E-state index contributed by atoms with van der Waals surface area (Å²) in [4.78, 5) is 11.2. The Hall–Kier alpha value is -1.88. The van der Waals surface area contributed by atoms with Crippen LogP contribution < -0.4 is 0 Å². The molecule has 1 unspecified atom stereocenters. The van der Waals surface area contributed by atoms with Gasteiger partial charge in [0.15, 0.2) is 0 Å². The van der Waals surface area contributed by atoms with E-state index in [0.29, 0.717) is 0 Å². The number of rotatable bonds is 8. The van der Waals surface area contributed by atoms with Gasteiger partial charge in [0.25, 0.3) is 0 Å². The highest BCUT2D eigenvalue weighted by Gasteiger charge is 2.95. The summed E-state index contributed by atoms with van der Waals surface area (Å²) in [5, 5.41) is 8.78. The second-order valence-electron chi connectivity index (χ2n) is 6.27. The van der Waals surface area contributed by atoms with Crippen molar-refractivity contribution in [3.8, 4) is 0 Å². The van der Waals surface area contributed by atoms with Crippen molar-refractivity contribution >= 4 is 5.97 Å². The number of carbonyl (C=O) groups is 1. The van der Waals surface area contributed by atoms with Crippen molar-refractivity contribution in [1.29, 1.82) is 0 Å². The zero-order valence-electron chi connectivity index (χ0n) is 15.3. The summed E-state index contributed by atoms with van der Waals surface area (Å²) in [6, 6.07) is 0. The first-order chi connectivity index (χ1) is 13.7. The molecular formula is C14H11F15O3. The van der Waals surface area contributed by atoms with Crippen LogP contribution in [0.2, 0.25) is 0 Å². The van der Waals surface area contributed by atoms with Crippen LogP contribution in [0.4, 0.5) is 65.9 Å². The van der Waals surface area contributed by atoms with E-state index >= 15 is 0 Å². The van der Waals surface area contributed by atoms with Crippen molar-refractivity contribution in [2.75, 3.05) is 6.61 Å². The second kappa shape index (κ2) is 8.48. The number of aliphatic hydroxyl groups excluding tert-OH is 1. The number of hydrogen-bond acceptors (Lipinski definition) is 3. The Morgan fingerprint density at radius 3 is 1.47 bits per heavy atom. The molecule has 0 fully saturated rings. The van der Waals surface area contributed by atoms with Crippen LogP contribution in [0.3, 0.4) is 0 Å². The number of aliphatic hydroxyl groups is 1. The third-order valence-electron chi connectivity index (χ3n) is 3.60. The summed E-state index contributed by atoms with van der Waals surface area (Å²) in [6.07, 6.45) is -19.0. The van der Waals surface area contributed by atoms with Crippen LogP contribution in [0, 0.1) is 0 Å². The largest absolute Gasteiger partial charge is 0.460 e. The first kappa shape index (κ1) is 30.1. The number of ether oxygens (including phenoxy) is 1. The summed E-state index contributed by atoms with van der Waals surface area (Å²) in [5.74, 6) is -33.5. The number of hydrogen-bond donors (Lipinski definition) is 1. The quantitative estimate of drug-likeness (QED) is 0.275. The summed E-state index contributed by atoms with van der Waals surface area (Å²) < 4.78 is 200. The fraction of sp³-hybridized carbons (Fsp3) is 0.786. The molecule has 3 nitrogen and oxygen atoms in total. The van der Waals surface area contributed by atoms with Crippen LogP contribution in [0.25, 0.3) is 0 Å². The molecular weight excluding hydrogens is 501 g/mol. The lowest BCUT2D eigenvalue weighted by Crippen LogP contribution is -2.75. The second-order valence-corrected chi connectivity index (χ2v) is 6.27. The minimum Gasteiger partial charge on any atom is -0.460 e. The molecule has 190 valence electrons. The van der Waals surface area contributed by atoms with Gasteiger partial charge >= 0.3 is 47.7 Å². The molecule has 0 aromatic carbocycles. The molecule has 0 aliphatic carbocycles. The Morgan fingerprint density at radius 1 is 0.781 bits per heavy atom. The fourth-order valence-corrected chi connectivity index (χ4v) is 1.87. The molecule has 0 saturated carbocycles. The smallest absolute Gasteiger partial charge is 0.438 e. The number of halogens is 15. The number of allylic oxidation sites excluding steroid dienone is 1. The Labute approximate surface area is 167 Å². The first-order valence-electron chi connectivity index (χ1n) is 7.60. The van der Waals surface area contributed by atoms with Crippen molar-refractivity contribution < 1.29 is 80.5 Å². The molecule has 0 aliphatic rings. The zero-order chi connectivity index (χ0) is 26.4. The predicted molar refractivity (Wildman–Crippen MR) is 72.1 cm³/mol. The summed E-state index contributed by atoms with van der Waals surface area (Å²) in [7, 11) is 0. The molecule has 0 radical (unpaired) electrons. The van der Waals surface area contributed by atoms with E-state index in [1.54, 1.807) is 0 Å². The number of esters is 1. The molecule has 32 heavy (non-hydrogen) atoms. The molecule has 0 saturated heterocycles. The molecule has 0 rings (SSSR count). The van der Waals surface area contributed by atoms with Crippen molar-refractivity contribution in [3.05, 3.63) is 11.6 Å². The Balaban J connectivity index is 6.59. The standard InChI is InChI=1S/C14H11F15O3/c1-5(7(31)32-4-6(2)30)3-8(15,16)10(18,19)12(22,23)11(20,21)9(17,13(24,25)26)14(27,28)29/h3,6,30H,4H2,1-2H3. The monoisotopic (exact) mass is 512 g/mol. The van der Waals surface area contributed by atoms with Crippen LogP contribution in [-0.2, 0) is 9.53 Å². The van der Waals surface area contributed by atoms with Crippen LogP contribution in [0.15, 0.2) is 11.6 Å². The van der Waals surface area contributed by atoms with E-state index in [0.717, 1.165) is 6.92 Å². The van der Waals surface area contributed by atoms with Gasteiger partial charge in [-0.15, -0.1) is 0 Å². The number of carbonyl (C=O) groups excluding carboxylic acids is 1. The molecule has 0 amide bonds. The molecule has 18 heteroatoms. The van der Waals surface area contributed by atoms with Gasteiger partial charge in [0.1, 0.15) is 6.61 Å². The maximum Gasteiger partial charge on any atom is 0.438 e. The first-order valence-corrected chi connectivity index (χ1v) is 7.60. The molecule has 0 aromatic rings.